The zero-order valence-corrected chi connectivity index (χ0v) is 28.1. The van der Waals surface area contributed by atoms with Crippen LogP contribution in [-0.2, 0) is 13.0 Å². The first kappa shape index (κ1) is 44.7. The first-order chi connectivity index (χ1) is 19.8. The summed E-state index contributed by atoms with van der Waals surface area (Å²) < 4.78 is 243. The predicted octanol–water partition coefficient (Wildman–Crippen LogP) is 9.28. The van der Waals surface area contributed by atoms with Gasteiger partial charge < -0.3 is 18.3 Å². The highest BCUT2D eigenvalue weighted by Gasteiger charge is 2.95. The number of nitrogens with one attached hydrogen (secondary N) is 1. The molecule has 5 nitrogen and oxygen atoms in total. The molecule has 0 saturated carbocycles. The Morgan fingerprint density at radius 1 is 0.565 bits per heavy atom. The van der Waals surface area contributed by atoms with Gasteiger partial charge in [-0.3, -0.25) is 0 Å². The largest absolute Gasteiger partial charge is 0.460 e. The van der Waals surface area contributed by atoms with Crippen LogP contribution in [0.2, 0.25) is 51.9 Å². The Morgan fingerprint density at radius 3 is 1.26 bits per heavy atom. The highest BCUT2D eigenvalue weighted by Crippen LogP contribution is 2.64. The van der Waals surface area contributed by atoms with E-state index < -0.39 is 92.0 Å². The van der Waals surface area contributed by atoms with Gasteiger partial charge in [0, 0.05) is 6.54 Å². The summed E-state index contributed by atoms with van der Waals surface area (Å²) in [5, 5.41) is 1.95. The van der Waals surface area contributed by atoms with Crippen LogP contribution in [0.5, 0.6) is 0 Å². The van der Waals surface area contributed by atoms with Crippen molar-refractivity contribution in [1.82, 2.24) is 5.32 Å². The molecule has 0 atom stereocenters. The summed E-state index contributed by atoms with van der Waals surface area (Å²) in [5.74, 6) is -57.0. The Kier molecular flexibility index (Phi) is 13.1. The number of rotatable bonds is 17. The van der Waals surface area contributed by atoms with Gasteiger partial charge in [-0.25, -0.2) is 4.79 Å². The van der Waals surface area contributed by atoms with Crippen LogP contribution in [0.3, 0.4) is 0 Å². The Balaban J connectivity index is 5.63. The SMILES string of the molecule is C[Si](C)(C)O[Si](C)(CCCNC(=O)OCCC(F)(F)C(F)(F)C(F)(F)C(F)(F)C(F)(F)C(F)(F)C(F)(F)C(F)(F)F)O[Si](C)(C)C. The third-order valence-corrected chi connectivity index (χ3v) is 15.2. The topological polar surface area (TPSA) is 56.8 Å². The van der Waals surface area contributed by atoms with Gasteiger partial charge in [0.1, 0.15) is 0 Å². The van der Waals surface area contributed by atoms with Crippen LogP contribution in [-0.4, -0.2) is 92.1 Å². The lowest BCUT2D eigenvalue weighted by molar-refractivity contribution is -0.461. The molecule has 46 heavy (non-hydrogen) atoms. The molecular weight excluding hydrogens is 737 g/mol. The number of halogens is 17. The van der Waals surface area contributed by atoms with Crippen molar-refractivity contribution >= 4 is 31.3 Å². The minimum atomic E-state index is -8.70. The molecule has 0 bridgehead atoms. The average molecular weight is 770 g/mol. The fourth-order valence-corrected chi connectivity index (χ4v) is 16.2. The van der Waals surface area contributed by atoms with Gasteiger partial charge >= 0.3 is 62.3 Å². The zero-order chi connectivity index (χ0) is 37.4. The molecule has 0 saturated heterocycles. The molecule has 0 aromatic heterocycles. The summed E-state index contributed by atoms with van der Waals surface area (Å²) in [6.07, 6.45) is -12.2. The molecule has 0 spiro atoms. The molecule has 0 aliphatic rings. The number of hydrogen-bond acceptors (Lipinski definition) is 4. The number of hydrogen-bond donors (Lipinski definition) is 1. The first-order valence-electron chi connectivity index (χ1n) is 12.8. The maximum Gasteiger partial charge on any atom is 0.460 e. The average Bonchev–Trinajstić information content (AvgIpc) is 2.77. The van der Waals surface area contributed by atoms with Crippen molar-refractivity contribution < 1.29 is 92.4 Å². The summed E-state index contributed by atoms with van der Waals surface area (Å²) in [7, 11) is -7.08. The minimum Gasteiger partial charge on any atom is -0.449 e. The van der Waals surface area contributed by atoms with Gasteiger partial charge in [0.25, 0.3) is 0 Å². The van der Waals surface area contributed by atoms with E-state index >= 15 is 0 Å². The molecule has 276 valence electrons. The molecule has 0 heterocycles. The first-order valence-corrected chi connectivity index (χ1v) is 22.1. The van der Waals surface area contributed by atoms with E-state index in [9.17, 15) is 79.4 Å². The predicted molar refractivity (Wildman–Crippen MR) is 135 cm³/mol. The lowest BCUT2D eigenvalue weighted by Crippen LogP contribution is -2.74. The Bertz CT molecular complexity index is 1030. The lowest BCUT2D eigenvalue weighted by Gasteiger charge is -2.42. The minimum absolute atomic E-state index is 0.120. The van der Waals surface area contributed by atoms with E-state index in [-0.39, 0.29) is 19.0 Å². The molecule has 0 radical (unpaired) electrons. The number of ether oxygens (including phenoxy) is 1. The second-order valence-corrected chi connectivity index (χ2v) is 25.0. The lowest BCUT2D eigenvalue weighted by atomic mass is 9.88. The van der Waals surface area contributed by atoms with Crippen molar-refractivity contribution in [2.75, 3.05) is 13.2 Å². The molecule has 25 heteroatoms. The second kappa shape index (κ2) is 13.5. The van der Waals surface area contributed by atoms with Crippen molar-refractivity contribution in [3.05, 3.63) is 0 Å². The highest BCUT2D eigenvalue weighted by atomic mass is 28.5. The molecule has 0 rings (SSSR count). The summed E-state index contributed by atoms with van der Waals surface area (Å²) in [5.41, 5.74) is 0. The van der Waals surface area contributed by atoms with E-state index in [0.717, 1.165) is 0 Å². The van der Waals surface area contributed by atoms with Gasteiger partial charge in [-0.05, 0) is 58.3 Å². The molecule has 1 N–H and O–H groups in total. The van der Waals surface area contributed by atoms with Gasteiger partial charge in [-0.15, -0.1) is 0 Å². The highest BCUT2D eigenvalue weighted by molar-refractivity contribution is 6.87. The van der Waals surface area contributed by atoms with Crippen molar-refractivity contribution in [1.29, 1.82) is 0 Å². The molecule has 0 aromatic rings. The molecule has 0 fully saturated rings. The number of alkyl halides is 17. The normalized spacial score (nSPS) is 15.7. The standard InChI is InChI=1S/C21H32F17NO4Si3/c1-44(2,3)42-46(7,43-45(4,5)6)12-8-10-39-13(40)41-11-9-14(22,23)15(24,25)16(26,27)17(28,29)18(30,31)19(32,33)20(34,35)21(36,37)38/h8-12H2,1-7H3,(H,39,40). The van der Waals surface area contributed by atoms with E-state index in [0.29, 0.717) is 0 Å². The monoisotopic (exact) mass is 769 g/mol. The van der Waals surface area contributed by atoms with Crippen LogP contribution in [0.25, 0.3) is 0 Å². The quantitative estimate of drug-likeness (QED) is 0.0911. The van der Waals surface area contributed by atoms with Crippen LogP contribution in [0.1, 0.15) is 12.8 Å². The van der Waals surface area contributed by atoms with Crippen LogP contribution in [0.15, 0.2) is 0 Å². The van der Waals surface area contributed by atoms with Gasteiger partial charge in [-0.2, -0.15) is 74.6 Å². The van der Waals surface area contributed by atoms with E-state index in [2.05, 4.69) is 4.74 Å². The Hall–Kier alpha value is -1.35. The third kappa shape index (κ3) is 9.41. The van der Waals surface area contributed by atoms with Crippen LogP contribution in [0.4, 0.5) is 79.4 Å². The molecule has 0 aliphatic heterocycles. The van der Waals surface area contributed by atoms with Crippen molar-refractivity contribution in [3.8, 4) is 0 Å². The van der Waals surface area contributed by atoms with Crippen LogP contribution in [0, 0.1) is 0 Å². The number of carbonyl (C=O) groups excluding carboxylic acids is 1. The Labute approximate surface area is 255 Å². The fraction of sp³-hybridized carbons (Fsp3) is 0.952. The fourth-order valence-electron chi connectivity index (χ4n) is 3.69. The second-order valence-electron chi connectivity index (χ2n) is 12.1. The molecule has 0 unspecified atom stereocenters. The van der Waals surface area contributed by atoms with Gasteiger partial charge in [0.15, 0.2) is 16.6 Å². The van der Waals surface area contributed by atoms with E-state index in [1.54, 1.807) is 6.55 Å². The number of alkyl carbamates (subject to hydrolysis) is 1. The number of amides is 1. The molecule has 1 amide bonds. The molecular formula is C21H32F17NO4Si3. The summed E-state index contributed by atoms with van der Waals surface area (Å²) >= 11 is 0. The van der Waals surface area contributed by atoms with E-state index in [1.165, 1.54) is 0 Å². The van der Waals surface area contributed by atoms with Gasteiger partial charge in [-0.1, -0.05) is 0 Å². The molecule has 0 aromatic carbocycles. The number of carbonyl (C=O) groups is 1. The summed E-state index contributed by atoms with van der Waals surface area (Å²) in [4.78, 5) is 11.7. The summed E-state index contributed by atoms with van der Waals surface area (Å²) in [6.45, 7) is 10.7. The van der Waals surface area contributed by atoms with Crippen LogP contribution >= 0.6 is 0 Å². The zero-order valence-electron chi connectivity index (χ0n) is 25.1. The van der Waals surface area contributed by atoms with Crippen molar-refractivity contribution in [2.24, 2.45) is 0 Å². The smallest absolute Gasteiger partial charge is 0.449 e. The van der Waals surface area contributed by atoms with Gasteiger partial charge in [0.05, 0.1) is 13.0 Å². The van der Waals surface area contributed by atoms with Crippen molar-refractivity contribution in [2.45, 2.75) is 112 Å². The maximum absolute atomic E-state index is 13.9. The van der Waals surface area contributed by atoms with Gasteiger partial charge in [0.2, 0.25) is 0 Å². The molecule has 0 aliphatic carbocycles. The third-order valence-electron chi connectivity index (χ3n) is 5.56. The maximum atomic E-state index is 13.9. The van der Waals surface area contributed by atoms with Crippen LogP contribution < -0.4 is 5.32 Å². The summed E-state index contributed by atoms with van der Waals surface area (Å²) in [6, 6.07) is 0.272. The Morgan fingerprint density at radius 2 is 0.913 bits per heavy atom. The van der Waals surface area contributed by atoms with Crippen molar-refractivity contribution in [3.63, 3.8) is 0 Å². The van der Waals surface area contributed by atoms with E-state index in [4.69, 9.17) is 8.23 Å². The van der Waals surface area contributed by atoms with E-state index in [1.807, 2.05) is 44.6 Å².